The fourth-order valence-corrected chi connectivity index (χ4v) is 2.59. The molecule has 0 aliphatic rings. The van der Waals surface area contributed by atoms with Gasteiger partial charge >= 0.3 is 12.0 Å². The number of amides is 2. The number of rotatable bonds is 7. The highest BCUT2D eigenvalue weighted by atomic mass is 16.6. The minimum atomic E-state index is -0.905. The van der Waals surface area contributed by atoms with Crippen LogP contribution < -0.4 is 10.6 Å². The molecule has 6 heteroatoms. The predicted octanol–water partition coefficient (Wildman–Crippen LogP) is 4.46. The van der Waals surface area contributed by atoms with Crippen molar-refractivity contribution >= 4 is 17.7 Å². The van der Waals surface area contributed by atoms with Crippen LogP contribution in [0.1, 0.15) is 66.5 Å². The van der Waals surface area contributed by atoms with E-state index in [1.807, 2.05) is 52.8 Å². The van der Waals surface area contributed by atoms with Gasteiger partial charge in [0.15, 0.2) is 6.04 Å². The van der Waals surface area contributed by atoms with E-state index in [-0.39, 0.29) is 6.61 Å². The molecule has 0 heterocycles. The molecule has 0 aliphatic heterocycles. The average Bonchev–Trinajstić information content (AvgIpc) is 2.56. The summed E-state index contributed by atoms with van der Waals surface area (Å²) in [5, 5.41) is 5.63. The van der Waals surface area contributed by atoms with Crippen molar-refractivity contribution in [2.75, 3.05) is 11.9 Å². The molecular weight excluding hydrogens is 356 g/mol. The molecule has 28 heavy (non-hydrogen) atoms. The van der Waals surface area contributed by atoms with E-state index < -0.39 is 29.2 Å². The molecule has 0 aliphatic carbocycles. The molecule has 2 N–H and O–H groups in total. The normalized spacial score (nSPS) is 13.0. The van der Waals surface area contributed by atoms with Gasteiger partial charge in [-0.3, -0.25) is 0 Å². The number of aryl methyl sites for hydroxylation is 2. The highest BCUT2D eigenvalue weighted by molar-refractivity contribution is 5.94. The molecule has 0 radical (unpaired) electrons. The van der Waals surface area contributed by atoms with Gasteiger partial charge in [0, 0.05) is 5.69 Å². The van der Waals surface area contributed by atoms with Gasteiger partial charge in [-0.25, -0.2) is 9.59 Å². The molecule has 1 aromatic rings. The zero-order valence-corrected chi connectivity index (χ0v) is 18.6. The zero-order chi connectivity index (χ0) is 21.5. The van der Waals surface area contributed by atoms with E-state index >= 15 is 0 Å². The van der Waals surface area contributed by atoms with Gasteiger partial charge in [-0.2, -0.15) is 0 Å². The molecule has 0 aromatic heterocycles. The van der Waals surface area contributed by atoms with Crippen molar-refractivity contribution in [1.29, 1.82) is 0 Å². The summed E-state index contributed by atoms with van der Waals surface area (Å²) in [6.45, 7) is 15.2. The summed E-state index contributed by atoms with van der Waals surface area (Å²) in [6, 6.07) is 4.61. The fourth-order valence-electron chi connectivity index (χ4n) is 2.59. The molecule has 2 amide bonds. The van der Waals surface area contributed by atoms with Crippen LogP contribution >= 0.6 is 0 Å². The predicted molar refractivity (Wildman–Crippen MR) is 113 cm³/mol. The number of ether oxygens (including phenoxy) is 2. The maximum Gasteiger partial charge on any atom is 0.331 e. The number of carbonyl (C=O) groups is 2. The second kappa shape index (κ2) is 9.92. The lowest BCUT2D eigenvalue weighted by molar-refractivity contribution is -0.160. The Hall–Kier alpha value is -2.08. The SMILES string of the molecule is CCc1cccc(CC)c1NC(=O)NC(COC(C)(C)C)C(=O)OC(C)(C)C. The van der Waals surface area contributed by atoms with Gasteiger partial charge < -0.3 is 20.1 Å². The van der Waals surface area contributed by atoms with Crippen LogP contribution in [0.25, 0.3) is 0 Å². The molecule has 0 saturated heterocycles. The fraction of sp³-hybridized carbons (Fsp3) is 0.636. The molecule has 1 atom stereocenters. The molecule has 6 nitrogen and oxygen atoms in total. The number of para-hydroxylation sites is 1. The van der Waals surface area contributed by atoms with E-state index in [4.69, 9.17) is 9.47 Å². The van der Waals surface area contributed by atoms with E-state index in [0.717, 1.165) is 29.7 Å². The second-order valence-corrected chi connectivity index (χ2v) is 8.77. The standard InChI is InChI=1S/C22H36N2O4/c1-9-15-12-11-13-16(10-2)18(15)24-20(26)23-17(14-27-21(3,4)5)19(25)28-22(6,7)8/h11-13,17H,9-10,14H2,1-8H3,(H2,23,24,26). The van der Waals surface area contributed by atoms with Gasteiger partial charge in [0.25, 0.3) is 0 Å². The van der Waals surface area contributed by atoms with E-state index in [1.54, 1.807) is 20.8 Å². The quantitative estimate of drug-likeness (QED) is 0.672. The van der Waals surface area contributed by atoms with Gasteiger partial charge in [0.05, 0.1) is 12.2 Å². The number of esters is 1. The third kappa shape index (κ3) is 8.30. The number of hydrogen-bond donors (Lipinski definition) is 2. The van der Waals surface area contributed by atoms with Gasteiger partial charge in [0.2, 0.25) is 0 Å². The van der Waals surface area contributed by atoms with Crippen LogP contribution in [0.3, 0.4) is 0 Å². The van der Waals surface area contributed by atoms with Crippen LogP contribution in [-0.2, 0) is 27.1 Å². The Labute approximate surface area is 169 Å². The summed E-state index contributed by atoms with van der Waals surface area (Å²) < 4.78 is 11.2. The van der Waals surface area contributed by atoms with Crippen LogP contribution in [0, 0.1) is 0 Å². The molecule has 1 rings (SSSR count). The second-order valence-electron chi connectivity index (χ2n) is 8.77. The Morgan fingerprint density at radius 3 is 1.93 bits per heavy atom. The van der Waals surface area contributed by atoms with Crippen LogP contribution in [0.5, 0.6) is 0 Å². The summed E-state index contributed by atoms with van der Waals surface area (Å²) >= 11 is 0. The maximum atomic E-state index is 12.7. The third-order valence-electron chi connectivity index (χ3n) is 3.92. The van der Waals surface area contributed by atoms with E-state index in [9.17, 15) is 9.59 Å². The van der Waals surface area contributed by atoms with Crippen molar-refractivity contribution in [1.82, 2.24) is 5.32 Å². The Balaban J connectivity index is 2.96. The lowest BCUT2D eigenvalue weighted by Gasteiger charge is -2.27. The number of nitrogens with one attached hydrogen (secondary N) is 2. The Morgan fingerprint density at radius 2 is 1.50 bits per heavy atom. The monoisotopic (exact) mass is 392 g/mol. The largest absolute Gasteiger partial charge is 0.458 e. The van der Waals surface area contributed by atoms with Crippen LogP contribution in [0.15, 0.2) is 18.2 Å². The summed E-state index contributed by atoms with van der Waals surface area (Å²) in [7, 11) is 0. The topological polar surface area (TPSA) is 76.7 Å². The van der Waals surface area contributed by atoms with Crippen LogP contribution in [0.2, 0.25) is 0 Å². The minimum absolute atomic E-state index is 0.0297. The molecule has 0 saturated carbocycles. The van der Waals surface area contributed by atoms with Crippen molar-refractivity contribution in [3.05, 3.63) is 29.3 Å². The van der Waals surface area contributed by atoms with Gasteiger partial charge in [-0.15, -0.1) is 0 Å². The number of carbonyl (C=O) groups excluding carboxylic acids is 2. The summed E-state index contributed by atoms with van der Waals surface area (Å²) in [4.78, 5) is 25.2. The maximum absolute atomic E-state index is 12.7. The first kappa shape index (κ1) is 24.0. The lowest BCUT2D eigenvalue weighted by atomic mass is 10.0. The summed E-state index contributed by atoms with van der Waals surface area (Å²) in [5.41, 5.74) is 1.80. The number of anilines is 1. The van der Waals surface area contributed by atoms with Gasteiger partial charge in [-0.05, 0) is 65.5 Å². The lowest BCUT2D eigenvalue weighted by Crippen LogP contribution is -2.49. The number of urea groups is 1. The van der Waals surface area contributed by atoms with E-state index in [2.05, 4.69) is 10.6 Å². The van der Waals surface area contributed by atoms with Crippen molar-refractivity contribution in [3.63, 3.8) is 0 Å². The minimum Gasteiger partial charge on any atom is -0.458 e. The van der Waals surface area contributed by atoms with E-state index in [1.165, 1.54) is 0 Å². The molecular formula is C22H36N2O4. The molecule has 0 spiro atoms. The molecule has 158 valence electrons. The van der Waals surface area contributed by atoms with Crippen LogP contribution in [0.4, 0.5) is 10.5 Å². The smallest absolute Gasteiger partial charge is 0.331 e. The Bertz CT molecular complexity index is 650. The van der Waals surface area contributed by atoms with Crippen molar-refractivity contribution in [2.24, 2.45) is 0 Å². The van der Waals surface area contributed by atoms with Crippen LogP contribution in [-0.4, -0.2) is 35.9 Å². The average molecular weight is 393 g/mol. The molecule has 0 bridgehead atoms. The molecule has 1 unspecified atom stereocenters. The first-order valence-corrected chi connectivity index (χ1v) is 9.91. The first-order chi connectivity index (χ1) is 12.9. The number of hydrogen-bond acceptors (Lipinski definition) is 4. The summed E-state index contributed by atoms with van der Waals surface area (Å²) in [6.07, 6.45) is 1.60. The molecule has 0 fully saturated rings. The van der Waals surface area contributed by atoms with E-state index in [0.29, 0.717) is 0 Å². The number of benzene rings is 1. The zero-order valence-electron chi connectivity index (χ0n) is 18.6. The molecule has 1 aromatic carbocycles. The Kier molecular flexibility index (Phi) is 8.48. The van der Waals surface area contributed by atoms with Crippen molar-refractivity contribution < 1.29 is 19.1 Å². The van der Waals surface area contributed by atoms with Crippen molar-refractivity contribution in [3.8, 4) is 0 Å². The van der Waals surface area contributed by atoms with Gasteiger partial charge in [-0.1, -0.05) is 32.0 Å². The first-order valence-electron chi connectivity index (χ1n) is 9.91. The highest BCUT2D eigenvalue weighted by Gasteiger charge is 2.29. The van der Waals surface area contributed by atoms with Gasteiger partial charge in [0.1, 0.15) is 5.60 Å². The van der Waals surface area contributed by atoms with Crippen molar-refractivity contribution in [2.45, 2.75) is 85.5 Å². The third-order valence-corrected chi connectivity index (χ3v) is 3.92. The summed E-state index contributed by atoms with van der Waals surface area (Å²) in [5.74, 6) is -0.522. The highest BCUT2D eigenvalue weighted by Crippen LogP contribution is 2.22. The Morgan fingerprint density at radius 1 is 0.964 bits per heavy atom.